The molecule has 5 nitrogen and oxygen atoms in total. The maximum absolute atomic E-state index is 13.0. The summed E-state index contributed by atoms with van der Waals surface area (Å²) in [5, 5.41) is 7.20. The van der Waals surface area contributed by atoms with Crippen molar-refractivity contribution in [2.45, 2.75) is 43.9 Å². The van der Waals surface area contributed by atoms with E-state index in [4.69, 9.17) is 11.6 Å². The predicted molar refractivity (Wildman–Crippen MR) is 130 cm³/mol. The molecule has 31 heavy (non-hydrogen) atoms. The van der Waals surface area contributed by atoms with E-state index in [2.05, 4.69) is 48.2 Å². The van der Waals surface area contributed by atoms with Gasteiger partial charge in [-0.3, -0.25) is 4.72 Å². The third-order valence-electron chi connectivity index (χ3n) is 5.05. The summed E-state index contributed by atoms with van der Waals surface area (Å²) < 4.78 is 30.3. The topological polar surface area (TPSA) is 63.5 Å². The van der Waals surface area contributed by atoms with Crippen molar-refractivity contribution >= 4 is 49.6 Å². The van der Waals surface area contributed by atoms with Gasteiger partial charge in [0, 0.05) is 4.91 Å². The monoisotopic (exact) mass is 473 g/mol. The zero-order valence-corrected chi connectivity index (χ0v) is 20.0. The third kappa shape index (κ3) is 4.68. The number of thioether (sulfide) groups is 1. The van der Waals surface area contributed by atoms with Gasteiger partial charge in [0.1, 0.15) is 5.82 Å². The highest BCUT2D eigenvalue weighted by Crippen LogP contribution is 2.34. The quantitative estimate of drug-likeness (QED) is 0.471. The van der Waals surface area contributed by atoms with Gasteiger partial charge < -0.3 is 0 Å². The Morgan fingerprint density at radius 1 is 1.10 bits per heavy atom. The van der Waals surface area contributed by atoms with Crippen molar-refractivity contribution in [1.82, 2.24) is 9.61 Å². The lowest BCUT2D eigenvalue weighted by atomic mass is 9.87. The Bertz CT molecular complexity index is 1280. The molecule has 0 aliphatic carbocycles. The van der Waals surface area contributed by atoms with Gasteiger partial charge in [-0.2, -0.15) is 5.10 Å². The van der Waals surface area contributed by atoms with Crippen molar-refractivity contribution in [3.63, 3.8) is 0 Å². The molecule has 0 spiro atoms. The van der Waals surface area contributed by atoms with Gasteiger partial charge >= 0.3 is 0 Å². The Kier molecular flexibility index (Phi) is 5.94. The van der Waals surface area contributed by atoms with Crippen LogP contribution in [-0.4, -0.2) is 18.0 Å². The van der Waals surface area contributed by atoms with Crippen LogP contribution in [0.3, 0.4) is 0 Å². The lowest BCUT2D eigenvalue weighted by Gasteiger charge is -2.19. The number of benzene rings is 1. The first-order chi connectivity index (χ1) is 14.6. The van der Waals surface area contributed by atoms with E-state index in [1.165, 1.54) is 0 Å². The van der Waals surface area contributed by atoms with Crippen LogP contribution in [0.25, 0.3) is 10.4 Å². The molecule has 2 aromatic heterocycles. The van der Waals surface area contributed by atoms with Crippen LogP contribution in [0, 0.1) is 0 Å². The maximum atomic E-state index is 13.0. The van der Waals surface area contributed by atoms with E-state index in [9.17, 15) is 8.42 Å². The molecule has 1 aliphatic heterocycles. The minimum atomic E-state index is -3.79. The molecule has 0 fully saturated rings. The molecule has 0 amide bonds. The van der Waals surface area contributed by atoms with Crippen molar-refractivity contribution in [3.8, 4) is 0 Å². The van der Waals surface area contributed by atoms with E-state index in [0.717, 1.165) is 29.0 Å². The molecule has 1 N–H and O–H groups in total. The number of rotatable bonds is 4. The Balaban J connectivity index is 1.70. The normalized spacial score (nSPS) is 15.0. The smallest absolute Gasteiger partial charge is 0.263 e. The fraction of sp³-hybridized carbons (Fsp3) is 0.261. The van der Waals surface area contributed by atoms with Crippen LogP contribution >= 0.6 is 23.4 Å². The number of aromatic nitrogens is 2. The van der Waals surface area contributed by atoms with Crippen molar-refractivity contribution in [2.24, 2.45) is 0 Å². The summed E-state index contributed by atoms with van der Waals surface area (Å²) in [5.41, 5.74) is 2.43. The van der Waals surface area contributed by atoms with Gasteiger partial charge in [-0.15, -0.1) is 0 Å². The van der Waals surface area contributed by atoms with Crippen LogP contribution in [0.1, 0.15) is 44.9 Å². The Morgan fingerprint density at radius 2 is 1.84 bits per heavy atom. The minimum Gasteiger partial charge on any atom is -0.263 e. The van der Waals surface area contributed by atoms with Gasteiger partial charge in [0.15, 0.2) is 0 Å². The maximum Gasteiger partial charge on any atom is 0.263 e. The summed E-state index contributed by atoms with van der Waals surface area (Å²) in [6, 6.07) is 12.1. The highest BCUT2D eigenvalue weighted by molar-refractivity contribution is 8.10. The largest absolute Gasteiger partial charge is 0.263 e. The average Bonchev–Trinajstić information content (AvgIpc) is 2.99. The first kappa shape index (κ1) is 22.0. The molecule has 0 atom stereocenters. The average molecular weight is 474 g/mol. The van der Waals surface area contributed by atoms with Crippen molar-refractivity contribution in [3.05, 3.63) is 76.3 Å². The molecule has 1 aliphatic rings. The molecule has 4 rings (SSSR count). The van der Waals surface area contributed by atoms with Gasteiger partial charge in [-0.1, -0.05) is 68.4 Å². The minimum absolute atomic E-state index is 0.0522. The standard InChI is InChI=1S/C23H24ClN3O2S2/c1-23(2,3)16-8-10-17(11-9-16)31(28,29)26-22-13-12-18(24)20-15-19(25-27(20)22)21-7-5-4-6-14-30-21/h6-15,26H,4-5H2,1-3H3. The lowest BCUT2D eigenvalue weighted by Crippen LogP contribution is -2.16. The van der Waals surface area contributed by atoms with Gasteiger partial charge in [0.05, 0.1) is 21.1 Å². The summed E-state index contributed by atoms with van der Waals surface area (Å²) >= 11 is 7.98. The first-order valence-electron chi connectivity index (χ1n) is 9.99. The van der Waals surface area contributed by atoms with E-state index in [-0.39, 0.29) is 10.3 Å². The molecular formula is C23H24ClN3O2S2. The Hall–Kier alpha value is -2.22. The number of hydrogen-bond donors (Lipinski definition) is 1. The molecule has 0 radical (unpaired) electrons. The van der Waals surface area contributed by atoms with Crippen LogP contribution in [-0.2, 0) is 15.4 Å². The predicted octanol–water partition coefficient (Wildman–Crippen LogP) is 6.47. The summed E-state index contributed by atoms with van der Waals surface area (Å²) in [4.78, 5) is 1.23. The number of nitrogens with zero attached hydrogens (tertiary/aromatic N) is 2. The Labute approximate surface area is 192 Å². The molecule has 3 aromatic rings. The van der Waals surface area contributed by atoms with Gasteiger partial charge in [-0.25, -0.2) is 12.9 Å². The summed E-state index contributed by atoms with van der Waals surface area (Å²) in [6.45, 7) is 6.27. The number of sulfonamides is 1. The van der Waals surface area contributed by atoms with Crippen LogP contribution in [0.4, 0.5) is 5.82 Å². The second kappa shape index (κ2) is 8.37. The number of fused-ring (bicyclic) bond motifs is 1. The number of allylic oxidation sites excluding steroid dienone is 2. The van der Waals surface area contributed by atoms with Crippen LogP contribution in [0.5, 0.6) is 0 Å². The number of pyridine rings is 1. The molecule has 3 heterocycles. The molecule has 0 saturated carbocycles. The fourth-order valence-corrected chi connectivity index (χ4v) is 5.34. The first-order valence-corrected chi connectivity index (χ1v) is 12.7. The number of anilines is 1. The highest BCUT2D eigenvalue weighted by Gasteiger charge is 2.20. The lowest BCUT2D eigenvalue weighted by molar-refractivity contribution is 0.587. The summed E-state index contributed by atoms with van der Waals surface area (Å²) in [5.74, 6) is 0.334. The molecule has 162 valence electrons. The van der Waals surface area contributed by atoms with Crippen LogP contribution in [0.15, 0.2) is 64.9 Å². The Morgan fingerprint density at radius 3 is 2.55 bits per heavy atom. The number of halogens is 1. The zero-order valence-electron chi connectivity index (χ0n) is 17.6. The summed E-state index contributed by atoms with van der Waals surface area (Å²) in [6.07, 6.45) is 6.19. The van der Waals surface area contributed by atoms with E-state index in [1.807, 2.05) is 18.2 Å². The second-order valence-electron chi connectivity index (χ2n) is 8.41. The summed E-state index contributed by atoms with van der Waals surface area (Å²) in [7, 11) is -3.79. The fourth-order valence-electron chi connectivity index (χ4n) is 3.28. The van der Waals surface area contributed by atoms with Crippen LogP contribution in [0.2, 0.25) is 5.02 Å². The van der Waals surface area contributed by atoms with Gasteiger partial charge in [0.2, 0.25) is 0 Å². The van der Waals surface area contributed by atoms with E-state index >= 15 is 0 Å². The van der Waals surface area contributed by atoms with Crippen LogP contribution < -0.4 is 4.72 Å². The molecule has 8 heteroatoms. The SMILES string of the molecule is CC(C)(C)c1ccc(S(=O)(=O)Nc2ccc(Cl)c3cc(C4=CCCC=CS4)nn23)cc1. The van der Waals surface area contributed by atoms with Gasteiger partial charge in [0.25, 0.3) is 10.0 Å². The molecular weight excluding hydrogens is 450 g/mol. The highest BCUT2D eigenvalue weighted by atomic mass is 35.5. The van der Waals surface area contributed by atoms with Crippen molar-refractivity contribution in [1.29, 1.82) is 0 Å². The molecule has 0 saturated heterocycles. The van der Waals surface area contributed by atoms with E-state index < -0.39 is 10.0 Å². The number of nitrogens with one attached hydrogen (secondary N) is 1. The number of hydrogen-bond acceptors (Lipinski definition) is 4. The zero-order chi connectivity index (χ0) is 22.2. The van der Waals surface area contributed by atoms with E-state index in [0.29, 0.717) is 16.4 Å². The second-order valence-corrected chi connectivity index (χ2v) is 11.4. The van der Waals surface area contributed by atoms with E-state index in [1.54, 1.807) is 40.5 Å². The van der Waals surface area contributed by atoms with Gasteiger partial charge in [-0.05, 0) is 59.6 Å². The van der Waals surface area contributed by atoms with Crippen molar-refractivity contribution in [2.75, 3.05) is 4.72 Å². The van der Waals surface area contributed by atoms with Crippen molar-refractivity contribution < 1.29 is 8.42 Å². The third-order valence-corrected chi connectivity index (χ3v) is 7.69. The molecule has 0 bridgehead atoms. The molecule has 0 unspecified atom stereocenters. The molecule has 1 aromatic carbocycles.